The van der Waals surface area contributed by atoms with Gasteiger partial charge in [0.25, 0.3) is 0 Å². The maximum absolute atomic E-state index is 3.61. The zero-order chi connectivity index (χ0) is 7.19. The summed E-state index contributed by atoms with van der Waals surface area (Å²) in [6.07, 6.45) is 4.42. The normalized spacial score (nSPS) is 35.7. The van der Waals surface area contributed by atoms with Crippen molar-refractivity contribution < 1.29 is 0 Å². The molecule has 0 amide bonds. The highest BCUT2D eigenvalue weighted by Crippen LogP contribution is 2.55. The Hall–Kier alpha value is -0.0400. The molecule has 10 heavy (non-hydrogen) atoms. The fourth-order valence-electron chi connectivity index (χ4n) is 2.51. The maximum Gasteiger partial charge on any atom is 0.0147 e. The zero-order valence-corrected chi connectivity index (χ0v) is 6.98. The summed E-state index contributed by atoms with van der Waals surface area (Å²) in [6, 6.07) is 0.840. The maximum atomic E-state index is 3.61. The topological polar surface area (TPSA) is 12.0 Å². The smallest absolute Gasteiger partial charge is 0.0147 e. The standard InChI is InChI=1S/C9H17N/c1-7(2)8-9(3-4-9)5-6-10-8/h7-8,10H,3-6H2,1-2H3. The summed E-state index contributed by atoms with van der Waals surface area (Å²) in [5.41, 5.74) is 0.772. The van der Waals surface area contributed by atoms with Crippen LogP contribution in [0, 0.1) is 11.3 Å². The van der Waals surface area contributed by atoms with Gasteiger partial charge in [0.1, 0.15) is 0 Å². The van der Waals surface area contributed by atoms with Crippen LogP contribution in [0.2, 0.25) is 0 Å². The molecule has 0 bridgehead atoms. The summed E-state index contributed by atoms with van der Waals surface area (Å²) < 4.78 is 0. The van der Waals surface area contributed by atoms with Crippen LogP contribution in [-0.2, 0) is 0 Å². The molecule has 2 fully saturated rings. The molecule has 1 spiro atoms. The van der Waals surface area contributed by atoms with Crippen LogP contribution in [0.5, 0.6) is 0 Å². The Morgan fingerprint density at radius 3 is 2.40 bits per heavy atom. The van der Waals surface area contributed by atoms with E-state index in [-0.39, 0.29) is 0 Å². The average molecular weight is 139 g/mol. The molecule has 1 aliphatic carbocycles. The van der Waals surface area contributed by atoms with Gasteiger partial charge < -0.3 is 5.32 Å². The summed E-state index contributed by atoms with van der Waals surface area (Å²) in [6.45, 7) is 5.94. The van der Waals surface area contributed by atoms with E-state index in [1.54, 1.807) is 0 Å². The van der Waals surface area contributed by atoms with E-state index in [2.05, 4.69) is 19.2 Å². The number of nitrogens with one attached hydrogen (secondary N) is 1. The molecule has 0 aromatic heterocycles. The lowest BCUT2D eigenvalue weighted by molar-refractivity contribution is 0.336. The Bertz CT molecular complexity index is 136. The molecule has 1 heterocycles. The van der Waals surface area contributed by atoms with Crippen molar-refractivity contribution in [2.45, 2.75) is 39.2 Å². The molecule has 2 rings (SSSR count). The summed E-state index contributed by atoms with van der Waals surface area (Å²) in [5, 5.41) is 3.61. The van der Waals surface area contributed by atoms with Crippen LogP contribution < -0.4 is 5.32 Å². The Kier molecular flexibility index (Phi) is 1.31. The fraction of sp³-hybridized carbons (Fsp3) is 1.00. The first-order valence-electron chi connectivity index (χ1n) is 4.48. The van der Waals surface area contributed by atoms with Crippen molar-refractivity contribution in [2.75, 3.05) is 6.54 Å². The van der Waals surface area contributed by atoms with Gasteiger partial charge in [-0.3, -0.25) is 0 Å². The van der Waals surface area contributed by atoms with Crippen molar-refractivity contribution in [3.8, 4) is 0 Å². The summed E-state index contributed by atoms with van der Waals surface area (Å²) in [4.78, 5) is 0. The molecule has 2 aliphatic rings. The van der Waals surface area contributed by atoms with Gasteiger partial charge in [-0.15, -0.1) is 0 Å². The Balaban J connectivity index is 2.07. The lowest BCUT2D eigenvalue weighted by atomic mass is 9.89. The van der Waals surface area contributed by atoms with E-state index < -0.39 is 0 Å². The fourth-order valence-corrected chi connectivity index (χ4v) is 2.51. The van der Waals surface area contributed by atoms with Crippen LogP contribution in [0.15, 0.2) is 0 Å². The molecule has 1 unspecified atom stereocenters. The third-order valence-corrected chi connectivity index (χ3v) is 3.21. The Morgan fingerprint density at radius 2 is 2.00 bits per heavy atom. The molecular formula is C9H17N. The lowest BCUT2D eigenvalue weighted by Gasteiger charge is -2.21. The second-order valence-corrected chi connectivity index (χ2v) is 4.29. The van der Waals surface area contributed by atoms with Crippen LogP contribution in [-0.4, -0.2) is 12.6 Å². The van der Waals surface area contributed by atoms with Crippen molar-refractivity contribution in [2.24, 2.45) is 11.3 Å². The molecule has 58 valence electrons. The average Bonchev–Trinajstić information content (AvgIpc) is 2.42. The first kappa shape index (κ1) is 6.66. The quantitative estimate of drug-likeness (QED) is 0.584. The van der Waals surface area contributed by atoms with E-state index in [9.17, 15) is 0 Å². The minimum absolute atomic E-state index is 0.772. The molecule has 1 heteroatoms. The second kappa shape index (κ2) is 1.97. The SMILES string of the molecule is CC(C)C1NCCC12CC2. The van der Waals surface area contributed by atoms with Crippen LogP contribution in [0.3, 0.4) is 0 Å². The van der Waals surface area contributed by atoms with E-state index in [0.29, 0.717) is 0 Å². The minimum atomic E-state index is 0.772. The molecule has 1 saturated carbocycles. The van der Waals surface area contributed by atoms with Gasteiger partial charge in [0.15, 0.2) is 0 Å². The third-order valence-electron chi connectivity index (χ3n) is 3.21. The van der Waals surface area contributed by atoms with Crippen LogP contribution in [0.1, 0.15) is 33.1 Å². The molecule has 0 radical (unpaired) electrons. The summed E-state index contributed by atoms with van der Waals surface area (Å²) in [7, 11) is 0. The second-order valence-electron chi connectivity index (χ2n) is 4.29. The molecule has 1 nitrogen and oxygen atoms in total. The van der Waals surface area contributed by atoms with Crippen molar-refractivity contribution in [1.82, 2.24) is 5.32 Å². The van der Waals surface area contributed by atoms with Gasteiger partial charge in [0.05, 0.1) is 0 Å². The number of rotatable bonds is 1. The van der Waals surface area contributed by atoms with Gasteiger partial charge >= 0.3 is 0 Å². The molecule has 1 atom stereocenters. The Labute approximate surface area is 63.2 Å². The zero-order valence-electron chi connectivity index (χ0n) is 6.98. The number of hydrogen-bond acceptors (Lipinski definition) is 1. The molecule has 0 aromatic carbocycles. The summed E-state index contributed by atoms with van der Waals surface area (Å²) in [5.74, 6) is 0.838. The van der Waals surface area contributed by atoms with Gasteiger partial charge in [-0.25, -0.2) is 0 Å². The van der Waals surface area contributed by atoms with Gasteiger partial charge in [-0.05, 0) is 37.1 Å². The van der Waals surface area contributed by atoms with Crippen LogP contribution >= 0.6 is 0 Å². The van der Waals surface area contributed by atoms with E-state index in [1.165, 1.54) is 25.8 Å². The van der Waals surface area contributed by atoms with Crippen LogP contribution in [0.25, 0.3) is 0 Å². The van der Waals surface area contributed by atoms with E-state index in [0.717, 1.165) is 17.4 Å². The van der Waals surface area contributed by atoms with Gasteiger partial charge in [-0.2, -0.15) is 0 Å². The predicted molar refractivity (Wildman–Crippen MR) is 42.9 cm³/mol. The van der Waals surface area contributed by atoms with E-state index in [4.69, 9.17) is 0 Å². The highest BCUT2D eigenvalue weighted by molar-refractivity contribution is 5.07. The Morgan fingerprint density at radius 1 is 1.30 bits per heavy atom. The minimum Gasteiger partial charge on any atom is -0.313 e. The lowest BCUT2D eigenvalue weighted by Crippen LogP contribution is -2.33. The van der Waals surface area contributed by atoms with Crippen LogP contribution in [0.4, 0.5) is 0 Å². The number of hydrogen-bond donors (Lipinski definition) is 1. The highest BCUT2D eigenvalue weighted by atomic mass is 15.0. The van der Waals surface area contributed by atoms with Crippen molar-refractivity contribution in [3.05, 3.63) is 0 Å². The molecule has 0 aromatic rings. The molecule has 1 N–H and O–H groups in total. The van der Waals surface area contributed by atoms with Crippen molar-refractivity contribution in [3.63, 3.8) is 0 Å². The monoisotopic (exact) mass is 139 g/mol. The van der Waals surface area contributed by atoms with Crippen molar-refractivity contribution in [1.29, 1.82) is 0 Å². The van der Waals surface area contributed by atoms with Gasteiger partial charge in [-0.1, -0.05) is 13.8 Å². The van der Waals surface area contributed by atoms with Gasteiger partial charge in [0, 0.05) is 6.04 Å². The van der Waals surface area contributed by atoms with Gasteiger partial charge in [0.2, 0.25) is 0 Å². The highest BCUT2D eigenvalue weighted by Gasteiger charge is 2.52. The van der Waals surface area contributed by atoms with E-state index in [1.807, 2.05) is 0 Å². The van der Waals surface area contributed by atoms with Crippen molar-refractivity contribution >= 4 is 0 Å². The molecule has 1 saturated heterocycles. The first-order valence-corrected chi connectivity index (χ1v) is 4.48. The first-order chi connectivity index (χ1) is 4.75. The molecular weight excluding hydrogens is 122 g/mol. The third kappa shape index (κ3) is 0.800. The molecule has 1 aliphatic heterocycles. The summed E-state index contributed by atoms with van der Waals surface area (Å²) >= 11 is 0. The van der Waals surface area contributed by atoms with E-state index >= 15 is 0 Å². The largest absolute Gasteiger partial charge is 0.313 e. The predicted octanol–water partition coefficient (Wildman–Crippen LogP) is 1.78.